The number of thiophene rings is 1. The average molecular weight is 458 g/mol. The van der Waals surface area contributed by atoms with Crippen molar-refractivity contribution in [1.29, 1.82) is 0 Å². The number of pyridine rings is 1. The molecule has 2 aliphatic heterocycles. The predicted molar refractivity (Wildman–Crippen MR) is 115 cm³/mol. The van der Waals surface area contributed by atoms with E-state index in [0.29, 0.717) is 23.2 Å². The molecule has 3 aromatic rings. The van der Waals surface area contributed by atoms with Crippen LogP contribution in [0.5, 0.6) is 0 Å². The van der Waals surface area contributed by atoms with Gasteiger partial charge >= 0.3 is 0 Å². The van der Waals surface area contributed by atoms with Gasteiger partial charge < -0.3 is 10.6 Å². The summed E-state index contributed by atoms with van der Waals surface area (Å²) in [5.74, 6) is -3.12. The van der Waals surface area contributed by atoms with Crippen LogP contribution in [-0.2, 0) is 12.1 Å². The van der Waals surface area contributed by atoms with Crippen molar-refractivity contribution in [2.24, 2.45) is 0 Å². The van der Waals surface area contributed by atoms with Crippen LogP contribution in [-0.4, -0.2) is 32.4 Å². The van der Waals surface area contributed by atoms with Gasteiger partial charge in [0.2, 0.25) is 5.92 Å². The van der Waals surface area contributed by atoms with E-state index >= 15 is 0 Å². The van der Waals surface area contributed by atoms with Crippen LogP contribution >= 0.6 is 11.3 Å². The maximum atomic E-state index is 13.8. The maximum Gasteiger partial charge on any atom is 0.270 e. The molecule has 10 heteroatoms. The molecule has 2 atom stereocenters. The van der Waals surface area contributed by atoms with Crippen LogP contribution in [0.4, 0.5) is 8.78 Å². The number of hydrogen-bond acceptors (Lipinski definition) is 6. The van der Waals surface area contributed by atoms with Crippen LogP contribution in [0.25, 0.3) is 10.2 Å². The van der Waals surface area contributed by atoms with Gasteiger partial charge in [-0.2, -0.15) is 0 Å². The Morgan fingerprint density at radius 2 is 2.00 bits per heavy atom. The molecule has 3 aromatic heterocycles. The van der Waals surface area contributed by atoms with Gasteiger partial charge in [0, 0.05) is 29.8 Å². The highest BCUT2D eigenvalue weighted by Crippen LogP contribution is 2.43. The molecule has 32 heavy (non-hydrogen) atoms. The Kier molecular flexibility index (Phi) is 4.14. The fraction of sp³-hybridized carbons (Fsp3) is 0.455. The molecular weight excluding hydrogens is 436 g/mol. The number of halogens is 2. The zero-order valence-corrected chi connectivity index (χ0v) is 18.1. The third-order valence-corrected chi connectivity index (χ3v) is 7.80. The molecule has 1 spiro atoms. The van der Waals surface area contributed by atoms with E-state index in [2.05, 4.69) is 20.6 Å². The Morgan fingerprint density at radius 3 is 2.78 bits per heavy atom. The van der Waals surface area contributed by atoms with Crippen molar-refractivity contribution in [3.05, 3.63) is 56.7 Å². The van der Waals surface area contributed by atoms with Crippen molar-refractivity contribution in [3.8, 4) is 0 Å². The largest absolute Gasteiger partial charge is 0.327 e. The molecule has 166 valence electrons. The topological polar surface area (TPSA) is 98.8 Å². The molecule has 0 bridgehead atoms. The molecule has 2 N–H and O–H groups in total. The zero-order chi connectivity index (χ0) is 22.3. The zero-order valence-electron chi connectivity index (χ0n) is 17.3. The fourth-order valence-corrected chi connectivity index (χ4v) is 6.01. The molecule has 7 nitrogen and oxygen atoms in total. The summed E-state index contributed by atoms with van der Waals surface area (Å²) < 4.78 is 29.1. The first-order chi connectivity index (χ1) is 15.3. The van der Waals surface area contributed by atoms with E-state index < -0.39 is 11.6 Å². The number of aromatic nitrogens is 3. The van der Waals surface area contributed by atoms with Crippen LogP contribution in [0.15, 0.2) is 28.6 Å². The van der Waals surface area contributed by atoms with Crippen molar-refractivity contribution in [1.82, 2.24) is 25.2 Å². The molecule has 0 radical (unpaired) electrons. The molecule has 5 heterocycles. The smallest absolute Gasteiger partial charge is 0.270 e. The number of fused-ring (bicyclic) bond motifs is 3. The van der Waals surface area contributed by atoms with E-state index in [4.69, 9.17) is 0 Å². The van der Waals surface area contributed by atoms with Crippen molar-refractivity contribution in [3.63, 3.8) is 0 Å². The fourth-order valence-electron chi connectivity index (χ4n) is 5.27. The number of amides is 1. The second kappa shape index (κ2) is 6.64. The van der Waals surface area contributed by atoms with Crippen LogP contribution in [0.3, 0.4) is 0 Å². The summed E-state index contributed by atoms with van der Waals surface area (Å²) in [6.45, 7) is 1.79. The van der Waals surface area contributed by atoms with E-state index in [0.717, 1.165) is 15.9 Å². The molecule has 2 fully saturated rings. The number of carbonyl (C=O) groups excluding carboxylic acids is 1. The number of rotatable bonds is 3. The first kappa shape index (κ1) is 19.9. The monoisotopic (exact) mass is 457 g/mol. The predicted octanol–water partition coefficient (Wildman–Crippen LogP) is 3.02. The number of nitrogens with zero attached hydrogens (tertiary/aromatic N) is 3. The van der Waals surface area contributed by atoms with Gasteiger partial charge in [-0.15, -0.1) is 11.3 Å². The summed E-state index contributed by atoms with van der Waals surface area (Å²) in [7, 11) is 0. The number of aryl methyl sites for hydroxylation is 1. The summed E-state index contributed by atoms with van der Waals surface area (Å²) in [6, 6.07) is 3.83. The van der Waals surface area contributed by atoms with Gasteiger partial charge in [0.1, 0.15) is 22.5 Å². The Balaban J connectivity index is 1.33. The molecule has 6 rings (SSSR count). The number of alkyl halides is 2. The van der Waals surface area contributed by atoms with Gasteiger partial charge in [0.05, 0.1) is 11.7 Å². The van der Waals surface area contributed by atoms with E-state index in [-0.39, 0.29) is 49.2 Å². The van der Waals surface area contributed by atoms with E-state index in [1.807, 2.05) is 11.4 Å². The summed E-state index contributed by atoms with van der Waals surface area (Å²) >= 11 is 1.56. The molecule has 1 saturated carbocycles. The van der Waals surface area contributed by atoms with Crippen LogP contribution < -0.4 is 16.2 Å². The molecule has 2 unspecified atom stereocenters. The standard InChI is InChI=1S/C22H21F2N5O2S/c1-11-8-12(9-14-16(27-14)15-13-2-7-32-19(13)26-10-25-15)20(31)29-17(11)18(30)28-22(29)5-3-21(23,24)4-6-22/h2,7-8,10,14,16,27H,3-6,9H2,1H3,(H,28,30). The van der Waals surface area contributed by atoms with Crippen LogP contribution in [0.2, 0.25) is 0 Å². The molecule has 3 aliphatic rings. The average Bonchev–Trinajstić information content (AvgIpc) is 3.21. The van der Waals surface area contributed by atoms with Crippen LogP contribution in [0.1, 0.15) is 59.0 Å². The summed E-state index contributed by atoms with van der Waals surface area (Å²) in [5.41, 5.74) is 1.14. The van der Waals surface area contributed by atoms with Crippen molar-refractivity contribution in [2.45, 2.75) is 62.7 Å². The van der Waals surface area contributed by atoms with E-state index in [1.165, 1.54) is 4.57 Å². The summed E-state index contributed by atoms with van der Waals surface area (Å²) in [5, 5.41) is 9.26. The Morgan fingerprint density at radius 1 is 1.22 bits per heavy atom. The minimum atomic E-state index is -2.76. The minimum absolute atomic E-state index is 0.0233. The lowest BCUT2D eigenvalue weighted by Crippen LogP contribution is -2.51. The van der Waals surface area contributed by atoms with Crippen molar-refractivity contribution in [2.75, 3.05) is 0 Å². The minimum Gasteiger partial charge on any atom is -0.327 e. The van der Waals surface area contributed by atoms with Gasteiger partial charge in [0.15, 0.2) is 0 Å². The van der Waals surface area contributed by atoms with Crippen LogP contribution in [0, 0.1) is 6.92 Å². The third kappa shape index (κ3) is 2.92. The van der Waals surface area contributed by atoms with Gasteiger partial charge in [-0.05, 0) is 49.3 Å². The number of hydrogen-bond donors (Lipinski definition) is 2. The highest BCUT2D eigenvalue weighted by Gasteiger charge is 2.51. The van der Waals surface area contributed by atoms with Gasteiger partial charge in [-0.1, -0.05) is 0 Å². The molecular formula is C22H21F2N5O2S. The maximum absolute atomic E-state index is 13.8. The van der Waals surface area contributed by atoms with Gasteiger partial charge in [0.25, 0.3) is 11.5 Å². The number of nitrogens with one attached hydrogen (secondary N) is 2. The second-order valence-electron chi connectivity index (χ2n) is 9.04. The van der Waals surface area contributed by atoms with Crippen molar-refractivity contribution >= 4 is 27.5 Å². The molecule has 1 aliphatic carbocycles. The lowest BCUT2D eigenvalue weighted by atomic mass is 9.86. The number of carbonyl (C=O) groups is 1. The van der Waals surface area contributed by atoms with E-state index in [9.17, 15) is 18.4 Å². The first-order valence-electron chi connectivity index (χ1n) is 10.7. The summed E-state index contributed by atoms with van der Waals surface area (Å²) in [4.78, 5) is 35.8. The van der Waals surface area contributed by atoms with E-state index in [1.54, 1.807) is 30.7 Å². The normalized spacial score (nSPS) is 25.2. The van der Waals surface area contributed by atoms with Crippen molar-refractivity contribution < 1.29 is 13.6 Å². The molecule has 0 aromatic carbocycles. The lowest BCUT2D eigenvalue weighted by molar-refractivity contribution is -0.0668. The third-order valence-electron chi connectivity index (χ3n) is 6.98. The summed E-state index contributed by atoms with van der Waals surface area (Å²) in [6.07, 6.45) is 1.42. The SMILES string of the molecule is Cc1cc(CC2NC2c2ncnc3sccc23)c(=O)n2c1C(=O)NC21CCC(F)(F)CC1. The second-order valence-corrected chi connectivity index (χ2v) is 9.93. The van der Waals surface area contributed by atoms with Gasteiger partial charge in [-0.25, -0.2) is 18.7 Å². The van der Waals surface area contributed by atoms with Gasteiger partial charge in [-0.3, -0.25) is 14.2 Å². The highest BCUT2D eigenvalue weighted by molar-refractivity contribution is 7.16. The quantitative estimate of drug-likeness (QED) is 0.589. The highest BCUT2D eigenvalue weighted by atomic mass is 32.1. The lowest BCUT2D eigenvalue weighted by Gasteiger charge is -2.38. The Bertz CT molecular complexity index is 1320. The first-order valence-corrected chi connectivity index (χ1v) is 11.6. The molecule has 1 saturated heterocycles. The Hall–Kier alpha value is -2.72. The Labute approximate surface area is 185 Å². The molecule has 1 amide bonds.